The summed E-state index contributed by atoms with van der Waals surface area (Å²) in [6.07, 6.45) is 3.67. The number of likely N-dealkylation sites (tertiary alicyclic amines) is 1. The number of nitrogens with zero attached hydrogens (tertiary/aromatic N) is 2. The lowest BCUT2D eigenvalue weighted by Crippen LogP contribution is -2.40. The van der Waals surface area contributed by atoms with Crippen LogP contribution in [0.25, 0.3) is 0 Å². The molecule has 0 spiro atoms. The molecule has 0 bridgehead atoms. The molecule has 1 aliphatic rings. The van der Waals surface area contributed by atoms with Gasteiger partial charge in [-0.3, -0.25) is 9.88 Å². The lowest BCUT2D eigenvalue weighted by Gasteiger charge is -2.36. The molecular weight excluding hydrogens is 327 g/mol. The van der Waals surface area contributed by atoms with Crippen molar-refractivity contribution in [2.45, 2.75) is 30.0 Å². The normalized spacial score (nSPS) is 18.4. The third-order valence-corrected chi connectivity index (χ3v) is 5.66. The highest BCUT2D eigenvalue weighted by molar-refractivity contribution is 7.90. The first kappa shape index (κ1) is 17.0. The zero-order chi connectivity index (χ0) is 17.2. The van der Waals surface area contributed by atoms with Crippen LogP contribution in [0.5, 0.6) is 0 Å². The maximum Gasteiger partial charge on any atom is 0.175 e. The van der Waals surface area contributed by atoms with E-state index in [1.165, 1.54) is 6.26 Å². The van der Waals surface area contributed by atoms with Crippen LogP contribution in [0.2, 0.25) is 0 Å². The van der Waals surface area contributed by atoms with Gasteiger partial charge in [-0.2, -0.15) is 0 Å². The fourth-order valence-electron chi connectivity index (χ4n) is 3.05. The van der Waals surface area contributed by atoms with Crippen molar-refractivity contribution >= 4 is 9.84 Å². The zero-order valence-corrected chi connectivity index (χ0v) is 14.5. The quantitative estimate of drug-likeness (QED) is 0.852. The Hall–Kier alpha value is -1.79. The van der Waals surface area contributed by atoms with E-state index in [0.29, 0.717) is 43.1 Å². The Labute approximate surface area is 142 Å². The molecule has 0 N–H and O–H groups in total. The predicted molar refractivity (Wildman–Crippen MR) is 91.1 cm³/mol. The molecule has 2 heterocycles. The van der Waals surface area contributed by atoms with Gasteiger partial charge >= 0.3 is 0 Å². The number of aromatic nitrogens is 1. The molecule has 1 fully saturated rings. The minimum absolute atomic E-state index is 0.322. The van der Waals surface area contributed by atoms with Gasteiger partial charge in [-0.25, -0.2) is 12.8 Å². The summed E-state index contributed by atoms with van der Waals surface area (Å²) in [7, 11) is -3.17. The van der Waals surface area contributed by atoms with E-state index >= 15 is 4.39 Å². The van der Waals surface area contributed by atoms with E-state index in [4.69, 9.17) is 0 Å². The minimum atomic E-state index is -3.17. The number of pyridine rings is 1. The molecule has 0 unspecified atom stereocenters. The van der Waals surface area contributed by atoms with E-state index in [-0.39, 0.29) is 0 Å². The number of hydrogen-bond acceptors (Lipinski definition) is 4. The van der Waals surface area contributed by atoms with Gasteiger partial charge in [0.15, 0.2) is 15.5 Å². The predicted octanol–water partition coefficient (Wildman–Crippen LogP) is 2.95. The molecule has 1 aliphatic heterocycles. The van der Waals surface area contributed by atoms with Gasteiger partial charge in [0.25, 0.3) is 0 Å². The average molecular weight is 348 g/mol. The molecule has 1 aromatic heterocycles. The largest absolute Gasteiger partial charge is 0.299 e. The topological polar surface area (TPSA) is 50.3 Å². The molecule has 3 rings (SSSR count). The van der Waals surface area contributed by atoms with E-state index in [1.807, 2.05) is 18.2 Å². The van der Waals surface area contributed by atoms with Crippen LogP contribution in [-0.4, -0.2) is 37.6 Å². The van der Waals surface area contributed by atoms with Crippen LogP contribution in [0, 0.1) is 0 Å². The Balaban J connectivity index is 1.61. The smallest absolute Gasteiger partial charge is 0.175 e. The number of hydrogen-bond donors (Lipinski definition) is 0. The lowest BCUT2D eigenvalue weighted by molar-refractivity contribution is 0.0490. The fraction of sp³-hybridized carbons (Fsp3) is 0.389. The Kier molecular flexibility index (Phi) is 4.69. The van der Waals surface area contributed by atoms with E-state index < -0.39 is 15.5 Å². The van der Waals surface area contributed by atoms with Crippen molar-refractivity contribution in [1.82, 2.24) is 9.88 Å². The Morgan fingerprint density at radius 3 is 2.33 bits per heavy atom. The second kappa shape index (κ2) is 6.61. The van der Waals surface area contributed by atoms with Crippen LogP contribution < -0.4 is 0 Å². The molecule has 0 aliphatic carbocycles. The van der Waals surface area contributed by atoms with Crippen molar-refractivity contribution < 1.29 is 12.8 Å². The lowest BCUT2D eigenvalue weighted by atomic mass is 9.89. The van der Waals surface area contributed by atoms with E-state index in [9.17, 15) is 8.42 Å². The molecule has 1 saturated heterocycles. The Morgan fingerprint density at radius 1 is 1.12 bits per heavy atom. The standard InChI is InChI=1S/C18H21FN2O2S/c1-24(22,23)16-7-5-15(6-8-16)14-21-12-9-18(19,10-13-21)17-4-2-3-11-20-17/h2-8,11H,9-10,12-14H2,1H3. The van der Waals surface area contributed by atoms with E-state index in [1.54, 1.807) is 30.5 Å². The highest BCUT2D eigenvalue weighted by Gasteiger charge is 2.37. The van der Waals surface area contributed by atoms with Crippen molar-refractivity contribution in [2.24, 2.45) is 0 Å². The third kappa shape index (κ3) is 3.82. The molecule has 0 atom stereocenters. The van der Waals surface area contributed by atoms with Crippen LogP contribution in [0.3, 0.4) is 0 Å². The van der Waals surface area contributed by atoms with Gasteiger partial charge in [-0.05, 0) is 42.7 Å². The summed E-state index contributed by atoms with van der Waals surface area (Å²) in [6, 6.07) is 12.3. The van der Waals surface area contributed by atoms with Crippen LogP contribution in [0.15, 0.2) is 53.6 Å². The van der Waals surface area contributed by atoms with Gasteiger partial charge in [0, 0.05) is 32.1 Å². The Morgan fingerprint density at radius 2 is 1.79 bits per heavy atom. The van der Waals surface area contributed by atoms with Crippen LogP contribution in [0.4, 0.5) is 4.39 Å². The maximum atomic E-state index is 15.0. The van der Waals surface area contributed by atoms with Gasteiger partial charge in [0.1, 0.15) is 0 Å². The summed E-state index contributed by atoms with van der Waals surface area (Å²) < 4.78 is 38.0. The van der Waals surface area contributed by atoms with Crippen molar-refractivity contribution in [1.29, 1.82) is 0 Å². The average Bonchev–Trinajstić information content (AvgIpc) is 2.58. The summed E-state index contributed by atoms with van der Waals surface area (Å²) in [5, 5.41) is 0. The molecule has 6 heteroatoms. The first-order valence-electron chi connectivity index (χ1n) is 7.99. The van der Waals surface area contributed by atoms with Crippen LogP contribution in [-0.2, 0) is 22.1 Å². The van der Waals surface area contributed by atoms with Gasteiger partial charge in [0.2, 0.25) is 0 Å². The highest BCUT2D eigenvalue weighted by Crippen LogP contribution is 2.36. The molecule has 4 nitrogen and oxygen atoms in total. The fourth-order valence-corrected chi connectivity index (χ4v) is 3.68. The number of rotatable bonds is 4. The summed E-state index contributed by atoms with van der Waals surface area (Å²) >= 11 is 0. The van der Waals surface area contributed by atoms with Crippen molar-refractivity contribution in [3.05, 3.63) is 59.9 Å². The van der Waals surface area contributed by atoms with Crippen molar-refractivity contribution in [3.63, 3.8) is 0 Å². The molecule has 128 valence electrons. The molecule has 1 aromatic carbocycles. The number of sulfone groups is 1. The van der Waals surface area contributed by atoms with Crippen LogP contribution in [0.1, 0.15) is 24.1 Å². The van der Waals surface area contributed by atoms with Crippen LogP contribution >= 0.6 is 0 Å². The minimum Gasteiger partial charge on any atom is -0.299 e. The number of alkyl halides is 1. The van der Waals surface area contributed by atoms with Gasteiger partial charge in [-0.15, -0.1) is 0 Å². The maximum absolute atomic E-state index is 15.0. The molecule has 2 aromatic rings. The number of benzene rings is 1. The summed E-state index contributed by atoms with van der Waals surface area (Å²) in [5.74, 6) is 0. The summed E-state index contributed by atoms with van der Waals surface area (Å²) in [5.41, 5.74) is 0.200. The second-order valence-corrected chi connectivity index (χ2v) is 8.39. The van der Waals surface area contributed by atoms with Crippen molar-refractivity contribution in [3.8, 4) is 0 Å². The second-order valence-electron chi connectivity index (χ2n) is 6.37. The SMILES string of the molecule is CS(=O)(=O)c1ccc(CN2CCC(F)(c3ccccn3)CC2)cc1. The Bertz CT molecular complexity index is 784. The highest BCUT2D eigenvalue weighted by atomic mass is 32.2. The van der Waals surface area contributed by atoms with Gasteiger partial charge < -0.3 is 0 Å². The first-order valence-corrected chi connectivity index (χ1v) is 9.88. The molecule has 24 heavy (non-hydrogen) atoms. The zero-order valence-electron chi connectivity index (χ0n) is 13.7. The first-order chi connectivity index (χ1) is 11.4. The molecular formula is C18H21FN2O2S. The van der Waals surface area contributed by atoms with Gasteiger partial charge in [-0.1, -0.05) is 18.2 Å². The van der Waals surface area contributed by atoms with E-state index in [0.717, 1.165) is 5.56 Å². The molecule has 0 saturated carbocycles. The molecule has 0 amide bonds. The number of piperidine rings is 1. The van der Waals surface area contributed by atoms with E-state index in [2.05, 4.69) is 9.88 Å². The summed E-state index contributed by atoms with van der Waals surface area (Å²) in [4.78, 5) is 6.68. The van der Waals surface area contributed by atoms with Gasteiger partial charge in [0.05, 0.1) is 10.6 Å². The summed E-state index contributed by atoms with van der Waals surface area (Å²) in [6.45, 7) is 2.00. The third-order valence-electron chi connectivity index (χ3n) is 4.53. The monoisotopic (exact) mass is 348 g/mol. The van der Waals surface area contributed by atoms with Crippen molar-refractivity contribution in [2.75, 3.05) is 19.3 Å². The molecule has 0 radical (unpaired) electrons. The number of halogens is 1.